The second kappa shape index (κ2) is 11.8. The predicted octanol–water partition coefficient (Wildman–Crippen LogP) is 6.23. The third-order valence-corrected chi connectivity index (χ3v) is 6.35. The molecule has 0 amide bonds. The van der Waals surface area contributed by atoms with Gasteiger partial charge in [-0.1, -0.05) is 97.9 Å². The fraction of sp³-hybridized carbons (Fsp3) is 0.333. The minimum absolute atomic E-state index is 0.0550. The van der Waals surface area contributed by atoms with E-state index in [1.54, 1.807) is 0 Å². The van der Waals surface area contributed by atoms with Crippen molar-refractivity contribution >= 4 is 11.7 Å². The van der Waals surface area contributed by atoms with E-state index in [1.165, 1.54) is 0 Å². The standard InChI is InChI=1S/C30H33NO3/c1-3-27-20-26(19-22(2)34-27)29(30(32)33-21-23-13-7-4-8-14-23)31-28(24-15-9-5-10-16-24)25-17-11-6-12-18-25/h4-18,22,26-27,29H,3,19-21H2,1-2H3. The number of nitrogens with zero attached hydrogens (tertiary/aromatic N) is 1. The largest absolute Gasteiger partial charge is 0.459 e. The number of aliphatic imine (C=N–C) groups is 1. The van der Waals surface area contributed by atoms with Gasteiger partial charge in [-0.3, -0.25) is 4.99 Å². The Labute approximate surface area is 202 Å². The summed E-state index contributed by atoms with van der Waals surface area (Å²) in [6.45, 7) is 4.46. The van der Waals surface area contributed by atoms with Crippen LogP contribution in [-0.2, 0) is 20.9 Å². The Morgan fingerprint density at radius 1 is 0.912 bits per heavy atom. The SMILES string of the molecule is CCC1CC(C(N=C(c2ccccc2)c2ccccc2)C(=O)OCc2ccccc2)CC(C)O1. The van der Waals surface area contributed by atoms with Gasteiger partial charge in [-0.05, 0) is 37.7 Å². The normalized spacial score (nSPS) is 20.8. The van der Waals surface area contributed by atoms with Crippen molar-refractivity contribution in [2.24, 2.45) is 10.9 Å². The lowest BCUT2D eigenvalue weighted by atomic mass is 9.85. The number of rotatable bonds is 8. The number of hydrogen-bond acceptors (Lipinski definition) is 4. The first kappa shape index (κ1) is 23.9. The molecule has 1 aliphatic rings. The molecular weight excluding hydrogens is 422 g/mol. The first-order valence-electron chi connectivity index (χ1n) is 12.2. The van der Waals surface area contributed by atoms with Crippen LogP contribution in [0.1, 0.15) is 49.8 Å². The van der Waals surface area contributed by atoms with Crippen LogP contribution in [0.4, 0.5) is 0 Å². The van der Waals surface area contributed by atoms with Crippen molar-refractivity contribution in [2.75, 3.05) is 0 Å². The maximum Gasteiger partial charge on any atom is 0.331 e. The summed E-state index contributed by atoms with van der Waals surface area (Å²) in [5.74, 6) is -0.221. The lowest BCUT2D eigenvalue weighted by Gasteiger charge is -2.35. The van der Waals surface area contributed by atoms with Gasteiger partial charge in [-0.25, -0.2) is 4.79 Å². The van der Waals surface area contributed by atoms with Gasteiger partial charge in [-0.15, -0.1) is 0 Å². The zero-order chi connectivity index (χ0) is 23.8. The van der Waals surface area contributed by atoms with Gasteiger partial charge in [-0.2, -0.15) is 0 Å². The van der Waals surface area contributed by atoms with Crippen molar-refractivity contribution in [3.8, 4) is 0 Å². The molecule has 0 aliphatic carbocycles. The summed E-state index contributed by atoms with van der Waals surface area (Å²) in [5, 5.41) is 0. The second-order valence-electron chi connectivity index (χ2n) is 8.96. The molecule has 0 aromatic heterocycles. The summed E-state index contributed by atoms with van der Waals surface area (Å²) < 4.78 is 11.9. The van der Waals surface area contributed by atoms with Crippen molar-refractivity contribution in [3.63, 3.8) is 0 Å². The Hall–Kier alpha value is -3.24. The third kappa shape index (κ3) is 6.21. The highest BCUT2D eigenvalue weighted by atomic mass is 16.5. The van der Waals surface area contributed by atoms with Gasteiger partial charge in [0.15, 0.2) is 6.04 Å². The van der Waals surface area contributed by atoms with E-state index in [-0.39, 0.29) is 30.7 Å². The monoisotopic (exact) mass is 455 g/mol. The van der Waals surface area contributed by atoms with Crippen molar-refractivity contribution in [3.05, 3.63) is 108 Å². The lowest BCUT2D eigenvalue weighted by Crippen LogP contribution is -2.40. The van der Waals surface area contributed by atoms with E-state index in [4.69, 9.17) is 14.5 Å². The Bertz CT molecular complexity index is 1020. The average Bonchev–Trinajstić information content (AvgIpc) is 2.89. The molecule has 4 unspecified atom stereocenters. The number of ether oxygens (including phenoxy) is 2. The van der Waals surface area contributed by atoms with E-state index in [0.29, 0.717) is 0 Å². The number of hydrogen-bond donors (Lipinski definition) is 0. The van der Waals surface area contributed by atoms with Gasteiger partial charge >= 0.3 is 5.97 Å². The van der Waals surface area contributed by atoms with E-state index < -0.39 is 6.04 Å². The zero-order valence-electron chi connectivity index (χ0n) is 20.0. The number of esters is 1. The van der Waals surface area contributed by atoms with Gasteiger partial charge in [0.25, 0.3) is 0 Å². The quantitative estimate of drug-likeness (QED) is 0.299. The molecule has 0 N–H and O–H groups in total. The molecule has 34 heavy (non-hydrogen) atoms. The topological polar surface area (TPSA) is 47.9 Å². The van der Waals surface area contributed by atoms with Gasteiger partial charge in [0.05, 0.1) is 17.9 Å². The molecule has 4 atom stereocenters. The molecule has 0 bridgehead atoms. The Morgan fingerprint density at radius 3 is 2.03 bits per heavy atom. The first-order chi connectivity index (χ1) is 16.6. The molecule has 1 saturated heterocycles. The van der Waals surface area contributed by atoms with Crippen LogP contribution >= 0.6 is 0 Å². The van der Waals surface area contributed by atoms with Crippen molar-refractivity contribution < 1.29 is 14.3 Å². The van der Waals surface area contributed by atoms with Crippen LogP contribution in [0, 0.1) is 5.92 Å². The van der Waals surface area contributed by atoms with E-state index >= 15 is 0 Å². The molecule has 4 nitrogen and oxygen atoms in total. The molecule has 176 valence electrons. The van der Waals surface area contributed by atoms with Gasteiger partial charge in [0, 0.05) is 11.1 Å². The summed E-state index contributed by atoms with van der Waals surface area (Å²) >= 11 is 0. The van der Waals surface area contributed by atoms with Crippen molar-refractivity contribution in [2.45, 2.75) is 58.0 Å². The smallest absolute Gasteiger partial charge is 0.331 e. The van der Waals surface area contributed by atoms with Crippen LogP contribution in [0.2, 0.25) is 0 Å². The lowest BCUT2D eigenvalue weighted by molar-refractivity contribution is -0.150. The Kier molecular flexibility index (Phi) is 8.26. The van der Waals surface area contributed by atoms with Crippen LogP contribution in [0.5, 0.6) is 0 Å². The van der Waals surface area contributed by atoms with E-state index in [9.17, 15) is 4.79 Å². The fourth-order valence-corrected chi connectivity index (χ4v) is 4.63. The molecule has 3 aromatic carbocycles. The molecule has 4 rings (SSSR count). The minimum Gasteiger partial charge on any atom is -0.459 e. The highest BCUT2D eigenvalue weighted by molar-refractivity contribution is 6.13. The molecular formula is C30H33NO3. The van der Waals surface area contributed by atoms with Crippen LogP contribution in [0.15, 0.2) is 96.0 Å². The van der Waals surface area contributed by atoms with Gasteiger partial charge < -0.3 is 9.47 Å². The fourth-order valence-electron chi connectivity index (χ4n) is 4.63. The van der Waals surface area contributed by atoms with E-state index in [0.717, 1.165) is 41.7 Å². The zero-order valence-corrected chi connectivity index (χ0v) is 20.0. The highest BCUT2D eigenvalue weighted by Crippen LogP contribution is 2.32. The molecule has 3 aromatic rings. The molecule has 1 fully saturated rings. The van der Waals surface area contributed by atoms with Crippen LogP contribution in [0.25, 0.3) is 0 Å². The number of carbonyl (C=O) groups excluding carboxylic acids is 1. The average molecular weight is 456 g/mol. The highest BCUT2D eigenvalue weighted by Gasteiger charge is 2.36. The van der Waals surface area contributed by atoms with Crippen LogP contribution in [0.3, 0.4) is 0 Å². The Balaban J connectivity index is 1.70. The Morgan fingerprint density at radius 2 is 1.47 bits per heavy atom. The summed E-state index contributed by atoms with van der Waals surface area (Å²) in [6.07, 6.45) is 2.71. The third-order valence-electron chi connectivity index (χ3n) is 6.35. The predicted molar refractivity (Wildman–Crippen MR) is 136 cm³/mol. The van der Waals surface area contributed by atoms with Crippen LogP contribution < -0.4 is 0 Å². The maximum atomic E-state index is 13.5. The van der Waals surface area contributed by atoms with E-state index in [2.05, 4.69) is 13.8 Å². The van der Waals surface area contributed by atoms with E-state index in [1.807, 2.05) is 91.0 Å². The molecule has 0 spiro atoms. The summed E-state index contributed by atoms with van der Waals surface area (Å²) in [7, 11) is 0. The molecule has 1 heterocycles. The molecule has 0 saturated carbocycles. The summed E-state index contributed by atoms with van der Waals surface area (Å²) in [6, 6.07) is 29.3. The second-order valence-corrected chi connectivity index (χ2v) is 8.96. The van der Waals surface area contributed by atoms with Crippen molar-refractivity contribution in [1.82, 2.24) is 0 Å². The minimum atomic E-state index is -0.598. The maximum absolute atomic E-state index is 13.5. The van der Waals surface area contributed by atoms with Gasteiger partial charge in [0.1, 0.15) is 6.61 Å². The molecule has 4 heteroatoms. The summed E-state index contributed by atoms with van der Waals surface area (Å²) in [5.41, 5.74) is 3.76. The van der Waals surface area contributed by atoms with Crippen molar-refractivity contribution in [1.29, 1.82) is 0 Å². The summed E-state index contributed by atoms with van der Waals surface area (Å²) in [4.78, 5) is 18.7. The number of carbonyl (C=O) groups is 1. The molecule has 1 aliphatic heterocycles. The van der Waals surface area contributed by atoms with Gasteiger partial charge in [0.2, 0.25) is 0 Å². The molecule has 0 radical (unpaired) electrons. The number of benzene rings is 3. The van der Waals surface area contributed by atoms with Crippen LogP contribution in [-0.4, -0.2) is 29.9 Å². The first-order valence-corrected chi connectivity index (χ1v) is 12.2.